The predicted octanol–water partition coefficient (Wildman–Crippen LogP) is 4.72. The van der Waals surface area contributed by atoms with E-state index >= 15 is 0 Å². The highest BCUT2D eigenvalue weighted by atomic mass is 19.4. The number of rotatable bonds is 4. The van der Waals surface area contributed by atoms with Crippen LogP contribution in [0.1, 0.15) is 42.9 Å². The van der Waals surface area contributed by atoms with Crippen LogP contribution >= 0.6 is 0 Å². The molecule has 3 aromatic rings. The van der Waals surface area contributed by atoms with Crippen LogP contribution in [0.2, 0.25) is 0 Å². The molecule has 158 valence electrons. The van der Waals surface area contributed by atoms with Crippen molar-refractivity contribution in [3.8, 4) is 11.3 Å². The number of carbonyl (C=O) groups is 1. The van der Waals surface area contributed by atoms with Gasteiger partial charge < -0.3 is 0 Å². The van der Waals surface area contributed by atoms with Gasteiger partial charge in [-0.05, 0) is 31.7 Å². The summed E-state index contributed by atoms with van der Waals surface area (Å²) in [7, 11) is 0. The molecule has 1 fully saturated rings. The average Bonchev–Trinajstić information content (AvgIpc) is 3.14. The first-order valence-electron chi connectivity index (χ1n) is 10.0. The molecular weight excluding hydrogens is 393 g/mol. The number of halogens is 3. The van der Waals surface area contributed by atoms with Crippen molar-refractivity contribution in [3.63, 3.8) is 0 Å². The fourth-order valence-corrected chi connectivity index (χ4v) is 3.94. The Kier molecular flexibility index (Phi) is 5.36. The highest BCUT2D eigenvalue weighted by Gasteiger charge is 2.36. The number of fused-ring (bicyclic) bond motifs is 1. The number of nitrogens with zero attached hydrogens (tertiary/aromatic N) is 4. The molecule has 0 saturated carbocycles. The first-order valence-corrected chi connectivity index (χ1v) is 10.0. The number of ketones is 1. The van der Waals surface area contributed by atoms with E-state index in [0.29, 0.717) is 11.5 Å². The molecule has 2 unspecified atom stereocenters. The fraction of sp³-hybridized carbons (Fsp3) is 0.409. The van der Waals surface area contributed by atoms with Gasteiger partial charge in [0, 0.05) is 24.2 Å². The van der Waals surface area contributed by atoms with E-state index in [0.717, 1.165) is 30.0 Å². The van der Waals surface area contributed by atoms with E-state index in [4.69, 9.17) is 0 Å². The van der Waals surface area contributed by atoms with Crippen LogP contribution in [-0.4, -0.2) is 44.4 Å². The number of alkyl halides is 3. The third-order valence-corrected chi connectivity index (χ3v) is 5.67. The maximum absolute atomic E-state index is 13.7. The van der Waals surface area contributed by atoms with Gasteiger partial charge in [0.25, 0.3) is 0 Å². The highest BCUT2D eigenvalue weighted by molar-refractivity contribution is 5.96. The number of carbonyl (C=O) groups excluding carboxylic acids is 1. The molecule has 2 aromatic heterocycles. The van der Waals surface area contributed by atoms with Crippen molar-refractivity contribution in [2.24, 2.45) is 5.92 Å². The average molecular weight is 416 g/mol. The van der Waals surface area contributed by atoms with Crippen molar-refractivity contribution in [2.45, 2.75) is 38.9 Å². The summed E-state index contributed by atoms with van der Waals surface area (Å²) in [6, 6.07) is 11.2. The summed E-state index contributed by atoms with van der Waals surface area (Å²) in [5.74, 6) is 0.192. The van der Waals surface area contributed by atoms with Crippen LogP contribution in [0.5, 0.6) is 0 Å². The lowest BCUT2D eigenvalue weighted by molar-refractivity contribution is -0.142. The number of Topliss-reactive ketones (excluding diaryl/α,β-unsaturated/α-hetero) is 1. The highest BCUT2D eigenvalue weighted by Crippen LogP contribution is 2.32. The van der Waals surface area contributed by atoms with Crippen LogP contribution < -0.4 is 0 Å². The van der Waals surface area contributed by atoms with Crippen molar-refractivity contribution in [1.29, 1.82) is 0 Å². The maximum atomic E-state index is 13.7. The van der Waals surface area contributed by atoms with Gasteiger partial charge >= 0.3 is 6.18 Å². The topological polar surface area (TPSA) is 50.5 Å². The largest absolute Gasteiger partial charge is 0.433 e. The second kappa shape index (κ2) is 7.83. The predicted molar refractivity (Wildman–Crippen MR) is 107 cm³/mol. The standard InChI is InChI=1S/C22H23F3N4O/c1-14-8-9-15(2)28(12-14)13-19(30)18-11-21-26-17(16-6-4-3-5-7-16)10-20(22(23,24)25)29(21)27-18/h3-7,10-11,14-15H,8-9,12-13H2,1-2H3. The molecule has 1 aromatic carbocycles. The first kappa shape index (κ1) is 20.5. The molecule has 1 saturated heterocycles. The minimum Gasteiger partial charge on any atom is -0.293 e. The van der Waals surface area contributed by atoms with E-state index in [2.05, 4.69) is 28.8 Å². The molecule has 0 bridgehead atoms. The van der Waals surface area contributed by atoms with Crippen LogP contribution in [0.3, 0.4) is 0 Å². The zero-order valence-electron chi connectivity index (χ0n) is 16.9. The minimum absolute atomic E-state index is 0.00337. The second-order valence-electron chi connectivity index (χ2n) is 8.07. The zero-order valence-corrected chi connectivity index (χ0v) is 16.9. The van der Waals surface area contributed by atoms with E-state index in [1.807, 2.05) is 0 Å². The zero-order chi connectivity index (χ0) is 21.5. The summed E-state index contributed by atoms with van der Waals surface area (Å²) in [5, 5.41) is 3.98. The van der Waals surface area contributed by atoms with Crippen molar-refractivity contribution in [3.05, 3.63) is 53.9 Å². The lowest BCUT2D eigenvalue weighted by atomic mass is 9.95. The van der Waals surface area contributed by atoms with E-state index in [1.54, 1.807) is 30.3 Å². The molecule has 0 radical (unpaired) electrons. The number of likely N-dealkylation sites (tertiary alicyclic amines) is 1. The van der Waals surface area contributed by atoms with Gasteiger partial charge in [-0.1, -0.05) is 37.3 Å². The van der Waals surface area contributed by atoms with E-state index in [9.17, 15) is 18.0 Å². The summed E-state index contributed by atoms with van der Waals surface area (Å²) in [6.07, 6.45) is -2.52. The molecule has 0 amide bonds. The second-order valence-corrected chi connectivity index (χ2v) is 8.07. The Morgan fingerprint density at radius 2 is 1.87 bits per heavy atom. The number of aromatic nitrogens is 3. The van der Waals surface area contributed by atoms with Gasteiger partial charge in [0.2, 0.25) is 0 Å². The van der Waals surface area contributed by atoms with Crippen molar-refractivity contribution >= 4 is 11.4 Å². The van der Waals surface area contributed by atoms with E-state index in [1.165, 1.54) is 6.07 Å². The number of benzene rings is 1. The molecule has 0 spiro atoms. The van der Waals surface area contributed by atoms with Crippen LogP contribution in [0, 0.1) is 5.92 Å². The number of hydrogen-bond acceptors (Lipinski definition) is 4. The Labute approximate surface area is 172 Å². The molecule has 1 aliphatic heterocycles. The van der Waals surface area contributed by atoms with Crippen LogP contribution in [0.4, 0.5) is 13.2 Å². The summed E-state index contributed by atoms with van der Waals surface area (Å²) < 4.78 is 41.9. The number of hydrogen-bond donors (Lipinski definition) is 0. The Bertz CT molecular complexity index is 1060. The Morgan fingerprint density at radius 3 is 2.57 bits per heavy atom. The normalized spacial score (nSPS) is 20.6. The monoisotopic (exact) mass is 416 g/mol. The van der Waals surface area contributed by atoms with Crippen LogP contribution in [0.15, 0.2) is 42.5 Å². The van der Waals surface area contributed by atoms with Crippen molar-refractivity contribution < 1.29 is 18.0 Å². The smallest absolute Gasteiger partial charge is 0.293 e. The molecule has 3 heterocycles. The SMILES string of the molecule is CC1CCC(C)N(CC(=O)c2cc3nc(-c4ccccc4)cc(C(F)(F)F)n3n2)C1. The summed E-state index contributed by atoms with van der Waals surface area (Å²) in [6.45, 7) is 5.14. The van der Waals surface area contributed by atoms with Gasteiger partial charge in [-0.3, -0.25) is 9.69 Å². The van der Waals surface area contributed by atoms with Gasteiger partial charge in [-0.15, -0.1) is 0 Å². The van der Waals surface area contributed by atoms with Gasteiger partial charge in [0.05, 0.1) is 12.2 Å². The van der Waals surface area contributed by atoms with Crippen LogP contribution in [0.25, 0.3) is 16.9 Å². The molecule has 0 N–H and O–H groups in total. The first-order chi connectivity index (χ1) is 14.2. The molecule has 0 aliphatic carbocycles. The molecular formula is C22H23F3N4O. The Morgan fingerprint density at radius 1 is 1.13 bits per heavy atom. The third kappa shape index (κ3) is 4.09. The Balaban J connectivity index is 1.71. The fourth-order valence-electron chi connectivity index (χ4n) is 3.94. The molecule has 1 aliphatic rings. The van der Waals surface area contributed by atoms with E-state index in [-0.39, 0.29) is 35.4 Å². The third-order valence-electron chi connectivity index (χ3n) is 5.67. The lowest BCUT2D eigenvalue weighted by Gasteiger charge is -2.36. The maximum Gasteiger partial charge on any atom is 0.433 e. The Hall–Kier alpha value is -2.74. The molecule has 30 heavy (non-hydrogen) atoms. The van der Waals surface area contributed by atoms with Crippen molar-refractivity contribution in [2.75, 3.05) is 13.1 Å². The number of piperidine rings is 1. The lowest BCUT2D eigenvalue weighted by Crippen LogP contribution is -2.43. The quantitative estimate of drug-likeness (QED) is 0.578. The van der Waals surface area contributed by atoms with Gasteiger partial charge in [0.1, 0.15) is 5.69 Å². The van der Waals surface area contributed by atoms with Crippen LogP contribution in [-0.2, 0) is 6.18 Å². The van der Waals surface area contributed by atoms with E-state index < -0.39 is 11.9 Å². The minimum atomic E-state index is -4.63. The molecule has 4 rings (SSSR count). The summed E-state index contributed by atoms with van der Waals surface area (Å²) in [4.78, 5) is 19.2. The molecule has 2 atom stereocenters. The van der Waals surface area contributed by atoms with Gasteiger partial charge in [-0.2, -0.15) is 18.3 Å². The van der Waals surface area contributed by atoms with Gasteiger partial charge in [0.15, 0.2) is 17.1 Å². The molecule has 8 heteroatoms. The van der Waals surface area contributed by atoms with Crippen molar-refractivity contribution in [1.82, 2.24) is 19.5 Å². The summed E-state index contributed by atoms with van der Waals surface area (Å²) in [5.41, 5.74) is -0.190. The molecule has 5 nitrogen and oxygen atoms in total. The summed E-state index contributed by atoms with van der Waals surface area (Å²) >= 11 is 0. The van der Waals surface area contributed by atoms with Gasteiger partial charge in [-0.25, -0.2) is 9.50 Å².